The van der Waals surface area contributed by atoms with Crippen LogP contribution in [0.1, 0.15) is 40.6 Å². The molecule has 2 atom stereocenters. The Morgan fingerprint density at radius 3 is 2.76 bits per heavy atom. The molecule has 0 bridgehead atoms. The SMILES string of the molecule is O=C1c2oc3ccc(Br)cc3c(=O)c2[C@H](c2ccccc2F)N1C[C@H]1CCCO1. The first kappa shape index (κ1) is 18.5. The Bertz CT molecular complexity index is 1190. The van der Waals surface area contributed by atoms with Crippen molar-refractivity contribution in [3.05, 3.63) is 79.9 Å². The largest absolute Gasteiger partial charge is 0.450 e. The molecule has 5 nitrogen and oxygen atoms in total. The van der Waals surface area contributed by atoms with Crippen molar-refractivity contribution < 1.29 is 18.3 Å². The average Bonchev–Trinajstić information content (AvgIpc) is 3.31. The number of halogens is 2. The van der Waals surface area contributed by atoms with Crippen molar-refractivity contribution in [3.8, 4) is 0 Å². The quantitative estimate of drug-likeness (QED) is 0.583. The molecule has 0 aliphatic carbocycles. The maximum Gasteiger partial charge on any atom is 0.291 e. The summed E-state index contributed by atoms with van der Waals surface area (Å²) in [6, 6.07) is 10.4. The number of amides is 1. The number of hydrogen-bond donors (Lipinski definition) is 0. The second-order valence-electron chi connectivity index (χ2n) is 7.33. The van der Waals surface area contributed by atoms with E-state index < -0.39 is 17.8 Å². The summed E-state index contributed by atoms with van der Waals surface area (Å²) in [6.45, 7) is 0.917. The molecule has 3 heterocycles. The van der Waals surface area contributed by atoms with Crippen molar-refractivity contribution in [2.75, 3.05) is 13.2 Å². The van der Waals surface area contributed by atoms with Crippen LogP contribution in [0.4, 0.5) is 4.39 Å². The maximum atomic E-state index is 14.7. The van der Waals surface area contributed by atoms with Crippen LogP contribution in [0.25, 0.3) is 11.0 Å². The van der Waals surface area contributed by atoms with E-state index in [4.69, 9.17) is 9.15 Å². The van der Waals surface area contributed by atoms with Crippen LogP contribution in [0.15, 0.2) is 56.1 Å². The molecular weight excluding hydrogens is 441 g/mol. The van der Waals surface area contributed by atoms with Gasteiger partial charge in [0.05, 0.1) is 23.1 Å². The van der Waals surface area contributed by atoms with Crippen LogP contribution in [0, 0.1) is 5.82 Å². The number of ether oxygens (including phenoxy) is 1. The van der Waals surface area contributed by atoms with Crippen LogP contribution >= 0.6 is 15.9 Å². The molecule has 1 amide bonds. The van der Waals surface area contributed by atoms with Gasteiger partial charge in [-0.1, -0.05) is 34.1 Å². The number of benzene rings is 2. The zero-order valence-electron chi connectivity index (χ0n) is 15.4. The third kappa shape index (κ3) is 3.00. The molecule has 7 heteroatoms. The number of rotatable bonds is 3. The highest BCUT2D eigenvalue weighted by Gasteiger charge is 2.44. The Morgan fingerprint density at radius 2 is 2.00 bits per heavy atom. The number of carbonyl (C=O) groups excluding carboxylic acids is 1. The van der Waals surface area contributed by atoms with Crippen molar-refractivity contribution in [1.29, 1.82) is 0 Å². The van der Waals surface area contributed by atoms with Crippen molar-refractivity contribution >= 4 is 32.8 Å². The lowest BCUT2D eigenvalue weighted by Crippen LogP contribution is -2.36. The first-order valence-electron chi connectivity index (χ1n) is 9.48. The second kappa shape index (κ2) is 7.07. The number of carbonyl (C=O) groups is 1. The number of nitrogens with zero attached hydrogens (tertiary/aromatic N) is 1. The highest BCUT2D eigenvalue weighted by Crippen LogP contribution is 2.39. The van der Waals surface area contributed by atoms with Crippen LogP contribution in [0.3, 0.4) is 0 Å². The van der Waals surface area contributed by atoms with E-state index in [1.165, 1.54) is 11.0 Å². The van der Waals surface area contributed by atoms with Crippen molar-refractivity contribution in [2.45, 2.75) is 25.0 Å². The highest BCUT2D eigenvalue weighted by atomic mass is 79.9. The minimum Gasteiger partial charge on any atom is -0.450 e. The second-order valence-corrected chi connectivity index (χ2v) is 8.25. The molecule has 0 radical (unpaired) electrons. The molecule has 1 fully saturated rings. The van der Waals surface area contributed by atoms with E-state index >= 15 is 0 Å². The van der Waals surface area contributed by atoms with Gasteiger partial charge in [-0.05, 0) is 37.1 Å². The molecular formula is C22H17BrFNO4. The van der Waals surface area contributed by atoms with Gasteiger partial charge in [0.25, 0.3) is 5.91 Å². The van der Waals surface area contributed by atoms with Crippen LogP contribution in [-0.2, 0) is 4.74 Å². The Balaban J connectivity index is 1.74. The fourth-order valence-electron chi connectivity index (χ4n) is 4.21. The minimum atomic E-state index is -0.845. The van der Waals surface area contributed by atoms with Crippen LogP contribution in [0.5, 0.6) is 0 Å². The molecule has 1 aromatic heterocycles. The van der Waals surface area contributed by atoms with Gasteiger partial charge in [-0.3, -0.25) is 9.59 Å². The molecule has 29 heavy (non-hydrogen) atoms. The first-order chi connectivity index (χ1) is 14.0. The van der Waals surface area contributed by atoms with E-state index in [1.54, 1.807) is 36.4 Å². The number of hydrogen-bond acceptors (Lipinski definition) is 4. The highest BCUT2D eigenvalue weighted by molar-refractivity contribution is 9.10. The van der Waals surface area contributed by atoms with Gasteiger partial charge in [0.15, 0.2) is 5.43 Å². The predicted octanol–water partition coefficient (Wildman–Crippen LogP) is 4.42. The van der Waals surface area contributed by atoms with Gasteiger partial charge in [-0.2, -0.15) is 0 Å². The summed E-state index contributed by atoms with van der Waals surface area (Å²) in [4.78, 5) is 28.1. The summed E-state index contributed by atoms with van der Waals surface area (Å²) in [5, 5.41) is 0.353. The fraction of sp³-hybridized carbons (Fsp3) is 0.273. The molecule has 3 aromatic rings. The number of fused-ring (bicyclic) bond motifs is 2. The Labute approximate surface area is 174 Å². The molecule has 148 valence electrons. The average molecular weight is 458 g/mol. The van der Waals surface area contributed by atoms with Gasteiger partial charge in [-0.25, -0.2) is 4.39 Å². The lowest BCUT2D eigenvalue weighted by atomic mass is 9.98. The van der Waals surface area contributed by atoms with Crippen LogP contribution in [0.2, 0.25) is 0 Å². The molecule has 0 spiro atoms. The standard InChI is InChI=1S/C22H17BrFNO4/c23-12-7-8-17-15(10-12)20(26)18-19(14-5-1-2-6-16(14)24)25(22(27)21(18)29-17)11-13-4-3-9-28-13/h1-2,5-8,10,13,19H,3-4,9,11H2/t13-,19+/m1/s1. The normalized spacial score (nSPS) is 21.2. The van der Waals surface area contributed by atoms with Crippen LogP contribution < -0.4 is 5.43 Å². The van der Waals surface area contributed by atoms with E-state index in [-0.39, 0.29) is 35.0 Å². The molecule has 1 saturated heterocycles. The Morgan fingerprint density at radius 1 is 1.17 bits per heavy atom. The first-order valence-corrected chi connectivity index (χ1v) is 10.3. The van der Waals surface area contributed by atoms with E-state index in [1.807, 2.05) is 0 Å². The molecule has 0 saturated carbocycles. The topological polar surface area (TPSA) is 59.8 Å². The lowest BCUT2D eigenvalue weighted by Gasteiger charge is -2.27. The van der Waals surface area contributed by atoms with Gasteiger partial charge in [0.2, 0.25) is 5.76 Å². The third-order valence-corrected chi connectivity index (χ3v) is 6.05. The lowest BCUT2D eigenvalue weighted by molar-refractivity contribution is 0.0483. The van der Waals surface area contributed by atoms with Gasteiger partial charge in [0.1, 0.15) is 11.4 Å². The van der Waals surface area contributed by atoms with Crippen LogP contribution in [-0.4, -0.2) is 30.1 Å². The summed E-state index contributed by atoms with van der Waals surface area (Å²) >= 11 is 3.37. The van der Waals surface area contributed by atoms with E-state index in [0.29, 0.717) is 17.6 Å². The van der Waals surface area contributed by atoms with Crippen molar-refractivity contribution in [3.63, 3.8) is 0 Å². The molecule has 0 N–H and O–H groups in total. The summed E-state index contributed by atoms with van der Waals surface area (Å²) in [6.07, 6.45) is 1.60. The molecule has 2 aliphatic heterocycles. The van der Waals surface area contributed by atoms with Gasteiger partial charge in [0, 0.05) is 23.2 Å². The van der Waals surface area contributed by atoms with E-state index in [9.17, 15) is 14.0 Å². The minimum absolute atomic E-state index is 0.0175. The Kier molecular flexibility index (Phi) is 4.52. The van der Waals surface area contributed by atoms with Gasteiger partial charge in [-0.15, -0.1) is 0 Å². The summed E-state index contributed by atoms with van der Waals surface area (Å²) < 4.78 is 27.0. The van der Waals surface area contributed by atoms with Gasteiger partial charge < -0.3 is 14.1 Å². The molecule has 5 rings (SSSR count). The monoisotopic (exact) mass is 457 g/mol. The van der Waals surface area contributed by atoms with E-state index in [0.717, 1.165) is 17.3 Å². The molecule has 2 aliphatic rings. The summed E-state index contributed by atoms with van der Waals surface area (Å²) in [5.41, 5.74) is 0.471. The Hall–Kier alpha value is -2.51. The summed E-state index contributed by atoms with van der Waals surface area (Å²) in [5.74, 6) is -0.897. The van der Waals surface area contributed by atoms with Crippen molar-refractivity contribution in [1.82, 2.24) is 4.90 Å². The van der Waals surface area contributed by atoms with E-state index in [2.05, 4.69) is 15.9 Å². The zero-order valence-corrected chi connectivity index (χ0v) is 16.9. The molecule has 2 aromatic carbocycles. The summed E-state index contributed by atoms with van der Waals surface area (Å²) in [7, 11) is 0. The zero-order chi connectivity index (χ0) is 20.1. The predicted molar refractivity (Wildman–Crippen MR) is 108 cm³/mol. The van der Waals surface area contributed by atoms with Crippen molar-refractivity contribution in [2.24, 2.45) is 0 Å². The van der Waals surface area contributed by atoms with Gasteiger partial charge >= 0.3 is 0 Å². The smallest absolute Gasteiger partial charge is 0.291 e. The fourth-order valence-corrected chi connectivity index (χ4v) is 4.57. The maximum absolute atomic E-state index is 14.7. The third-order valence-electron chi connectivity index (χ3n) is 5.55. The molecule has 0 unspecified atom stereocenters.